The van der Waals surface area contributed by atoms with E-state index in [2.05, 4.69) is 26.5 Å². The third-order valence-electron chi connectivity index (χ3n) is 5.26. The lowest BCUT2D eigenvalue weighted by Gasteiger charge is -2.20. The average Bonchev–Trinajstić information content (AvgIpc) is 3.36. The van der Waals surface area contributed by atoms with E-state index in [0.29, 0.717) is 40.0 Å². The number of nitrogens with zero attached hydrogens (tertiary/aromatic N) is 5. The Hall–Kier alpha value is -4.75. The van der Waals surface area contributed by atoms with Crippen LogP contribution in [0.2, 0.25) is 0 Å². The Labute approximate surface area is 220 Å². The number of ether oxygens (including phenoxy) is 2. The Morgan fingerprint density at radius 1 is 1.16 bits per heavy atom. The first-order valence-electron chi connectivity index (χ1n) is 11.9. The van der Waals surface area contributed by atoms with E-state index in [1.807, 2.05) is 30.3 Å². The minimum absolute atomic E-state index is 0.0557. The Balaban J connectivity index is 1.58. The summed E-state index contributed by atoms with van der Waals surface area (Å²) in [5, 5.41) is 26.9. The molecule has 0 aliphatic heterocycles. The summed E-state index contributed by atoms with van der Waals surface area (Å²) >= 11 is 0. The van der Waals surface area contributed by atoms with E-state index in [4.69, 9.17) is 9.47 Å². The van der Waals surface area contributed by atoms with Gasteiger partial charge in [0.2, 0.25) is 5.88 Å². The highest BCUT2D eigenvalue weighted by atomic mass is 16.6. The third kappa shape index (κ3) is 6.72. The van der Waals surface area contributed by atoms with Gasteiger partial charge in [-0.1, -0.05) is 30.3 Å². The summed E-state index contributed by atoms with van der Waals surface area (Å²) in [7, 11) is 0. The van der Waals surface area contributed by atoms with Gasteiger partial charge in [0.15, 0.2) is 5.75 Å². The monoisotopic (exact) mass is 512 g/mol. The van der Waals surface area contributed by atoms with E-state index in [0.717, 1.165) is 5.56 Å². The molecule has 2 N–H and O–H groups in total. The number of aryl methyl sites for hydroxylation is 1. The number of aromatic nitrogens is 4. The predicted octanol–water partition coefficient (Wildman–Crippen LogP) is 4.86. The molecule has 38 heavy (non-hydrogen) atoms. The third-order valence-corrected chi connectivity index (χ3v) is 5.26. The van der Waals surface area contributed by atoms with Gasteiger partial charge in [-0.05, 0) is 39.8 Å². The second kappa shape index (κ2) is 11.1. The summed E-state index contributed by atoms with van der Waals surface area (Å²) in [6.45, 7) is 7.00. The van der Waals surface area contributed by atoms with Crippen molar-refractivity contribution < 1.29 is 19.4 Å². The topological polar surface area (TPSA) is 135 Å². The molecule has 0 bridgehead atoms. The Kier molecular flexibility index (Phi) is 7.69. The SMILES string of the molecule is Cc1nc(Oc2cc(C#N)ccc2-n2cc(C(O)CNC(=O)OC(C)(C)C)cn2)cc(-c2ccccc2)n1. The molecule has 0 fully saturated rings. The van der Waals surface area contributed by atoms with Crippen molar-refractivity contribution in [1.29, 1.82) is 5.26 Å². The highest BCUT2D eigenvalue weighted by molar-refractivity contribution is 5.67. The van der Waals surface area contributed by atoms with Crippen molar-refractivity contribution in [2.75, 3.05) is 6.54 Å². The quantitative estimate of drug-likeness (QED) is 0.358. The van der Waals surface area contributed by atoms with Crippen LogP contribution in [0.1, 0.15) is 43.8 Å². The maximum Gasteiger partial charge on any atom is 0.407 e. The fourth-order valence-corrected chi connectivity index (χ4v) is 3.57. The van der Waals surface area contributed by atoms with Crippen LogP contribution in [0.3, 0.4) is 0 Å². The zero-order valence-electron chi connectivity index (χ0n) is 21.5. The van der Waals surface area contributed by atoms with Crippen molar-refractivity contribution in [2.24, 2.45) is 0 Å². The summed E-state index contributed by atoms with van der Waals surface area (Å²) in [5.41, 5.74) is 2.37. The van der Waals surface area contributed by atoms with E-state index in [-0.39, 0.29) is 6.54 Å². The summed E-state index contributed by atoms with van der Waals surface area (Å²) in [6.07, 6.45) is 1.47. The maximum atomic E-state index is 11.9. The number of rotatable bonds is 7. The normalized spacial score (nSPS) is 11.9. The van der Waals surface area contributed by atoms with Gasteiger partial charge < -0.3 is 19.9 Å². The van der Waals surface area contributed by atoms with E-state index >= 15 is 0 Å². The molecule has 0 radical (unpaired) electrons. The Morgan fingerprint density at radius 3 is 2.63 bits per heavy atom. The molecule has 0 aliphatic rings. The molecule has 4 aromatic rings. The molecule has 194 valence electrons. The Bertz CT molecular complexity index is 1470. The first-order chi connectivity index (χ1) is 18.1. The number of carbonyl (C=O) groups is 1. The van der Waals surface area contributed by atoms with Gasteiger partial charge in [-0.3, -0.25) is 0 Å². The number of nitrogens with one attached hydrogen (secondary N) is 1. The standard InChI is InChI=1S/C28H28N6O4/c1-18-32-22(20-8-6-5-7-9-20)13-26(33-18)37-25-12-19(14-29)10-11-23(25)34-17-21(15-31-34)24(35)16-30-27(36)38-28(2,3)4/h5-13,15,17,24,35H,16H2,1-4H3,(H,30,36). The van der Waals surface area contributed by atoms with Crippen LogP contribution in [-0.2, 0) is 4.74 Å². The molecule has 1 amide bonds. The van der Waals surface area contributed by atoms with Crippen molar-refractivity contribution >= 4 is 6.09 Å². The van der Waals surface area contributed by atoms with Crippen molar-refractivity contribution in [3.05, 3.63) is 83.9 Å². The number of nitriles is 1. The molecule has 0 spiro atoms. The van der Waals surface area contributed by atoms with Crippen LogP contribution >= 0.6 is 0 Å². The molecule has 0 aliphatic carbocycles. The number of aliphatic hydroxyl groups is 1. The van der Waals surface area contributed by atoms with Crippen molar-refractivity contribution in [3.63, 3.8) is 0 Å². The van der Waals surface area contributed by atoms with E-state index in [9.17, 15) is 15.2 Å². The van der Waals surface area contributed by atoms with Crippen LogP contribution in [0.15, 0.2) is 67.0 Å². The van der Waals surface area contributed by atoms with Crippen LogP contribution in [0, 0.1) is 18.3 Å². The molecule has 0 saturated carbocycles. The van der Waals surface area contributed by atoms with Crippen LogP contribution < -0.4 is 10.1 Å². The largest absolute Gasteiger partial charge is 0.444 e. The molecule has 4 rings (SSSR count). The van der Waals surface area contributed by atoms with Gasteiger partial charge in [0.25, 0.3) is 0 Å². The summed E-state index contributed by atoms with van der Waals surface area (Å²) < 4.78 is 12.9. The van der Waals surface area contributed by atoms with Crippen LogP contribution in [0.25, 0.3) is 16.9 Å². The molecular formula is C28H28N6O4. The molecule has 1 unspecified atom stereocenters. The molecule has 2 aromatic heterocycles. The molecule has 1 atom stereocenters. The molecular weight excluding hydrogens is 484 g/mol. The first-order valence-corrected chi connectivity index (χ1v) is 11.9. The number of alkyl carbamates (subject to hydrolysis) is 1. The number of hydrogen-bond donors (Lipinski definition) is 2. The van der Waals surface area contributed by atoms with Gasteiger partial charge in [0, 0.05) is 29.5 Å². The minimum atomic E-state index is -1.02. The van der Waals surface area contributed by atoms with Crippen LogP contribution in [0.5, 0.6) is 11.6 Å². The number of carbonyl (C=O) groups excluding carboxylic acids is 1. The lowest BCUT2D eigenvalue weighted by atomic mass is 10.1. The van der Waals surface area contributed by atoms with E-state index in [1.54, 1.807) is 58.2 Å². The molecule has 2 heterocycles. The van der Waals surface area contributed by atoms with E-state index < -0.39 is 17.8 Å². The lowest BCUT2D eigenvalue weighted by Crippen LogP contribution is -2.34. The molecule has 10 heteroatoms. The van der Waals surface area contributed by atoms with Crippen molar-refractivity contribution in [3.8, 4) is 34.6 Å². The van der Waals surface area contributed by atoms with Gasteiger partial charge in [0.1, 0.15) is 17.1 Å². The number of benzene rings is 2. The summed E-state index contributed by atoms with van der Waals surface area (Å²) in [5.74, 6) is 1.18. The van der Waals surface area contributed by atoms with Crippen molar-refractivity contribution in [2.45, 2.75) is 39.4 Å². The number of amides is 1. The fourth-order valence-electron chi connectivity index (χ4n) is 3.57. The average molecular weight is 513 g/mol. The van der Waals surface area contributed by atoms with Gasteiger partial charge in [0.05, 0.1) is 36.2 Å². The zero-order chi connectivity index (χ0) is 27.3. The predicted molar refractivity (Wildman–Crippen MR) is 140 cm³/mol. The molecule has 2 aromatic carbocycles. The minimum Gasteiger partial charge on any atom is -0.444 e. The fraction of sp³-hybridized carbons (Fsp3) is 0.250. The highest BCUT2D eigenvalue weighted by Crippen LogP contribution is 2.31. The van der Waals surface area contributed by atoms with Crippen LogP contribution in [-0.4, -0.2) is 43.1 Å². The summed E-state index contributed by atoms with van der Waals surface area (Å²) in [6, 6.07) is 18.4. The van der Waals surface area contributed by atoms with Gasteiger partial charge in [-0.25, -0.2) is 14.5 Å². The molecule has 0 saturated heterocycles. The first kappa shape index (κ1) is 26.3. The Morgan fingerprint density at radius 2 is 1.92 bits per heavy atom. The number of hydrogen-bond acceptors (Lipinski definition) is 8. The maximum absolute atomic E-state index is 11.9. The number of aliphatic hydroxyl groups excluding tert-OH is 1. The second-order valence-corrected chi connectivity index (χ2v) is 9.52. The van der Waals surface area contributed by atoms with Gasteiger partial charge >= 0.3 is 6.09 Å². The van der Waals surface area contributed by atoms with E-state index in [1.165, 1.54) is 10.9 Å². The lowest BCUT2D eigenvalue weighted by molar-refractivity contribution is 0.0491. The summed E-state index contributed by atoms with van der Waals surface area (Å²) in [4.78, 5) is 20.8. The van der Waals surface area contributed by atoms with Gasteiger partial charge in [-0.15, -0.1) is 0 Å². The smallest absolute Gasteiger partial charge is 0.407 e. The zero-order valence-corrected chi connectivity index (χ0v) is 21.5. The highest BCUT2D eigenvalue weighted by Gasteiger charge is 2.19. The molecule has 10 nitrogen and oxygen atoms in total. The van der Waals surface area contributed by atoms with Crippen LogP contribution in [0.4, 0.5) is 4.79 Å². The van der Waals surface area contributed by atoms with Crippen molar-refractivity contribution in [1.82, 2.24) is 25.1 Å². The second-order valence-electron chi connectivity index (χ2n) is 9.52. The van der Waals surface area contributed by atoms with Gasteiger partial charge in [-0.2, -0.15) is 15.3 Å².